The maximum absolute atomic E-state index is 6.66. The molecule has 9 nitrogen and oxygen atoms in total. The van der Waals surface area contributed by atoms with E-state index in [0.29, 0.717) is 11.2 Å². The molecule has 2 aliphatic heterocycles. The third-order valence-electron chi connectivity index (χ3n) is 3.97. The first-order chi connectivity index (χ1) is 12.2. The molecule has 0 spiro atoms. The Morgan fingerprint density at radius 3 is 2.92 bits per heavy atom. The number of anilines is 1. The molecule has 142 valence electrons. The molecule has 0 aromatic carbocycles. The van der Waals surface area contributed by atoms with Crippen LogP contribution in [0.5, 0.6) is 0 Å². The maximum atomic E-state index is 6.66. The van der Waals surface area contributed by atoms with Crippen molar-refractivity contribution in [3.63, 3.8) is 0 Å². The van der Waals surface area contributed by atoms with Gasteiger partial charge in [0, 0.05) is 0 Å². The molecule has 26 heavy (non-hydrogen) atoms. The van der Waals surface area contributed by atoms with Crippen LogP contribution in [0.25, 0.3) is 11.2 Å². The normalized spacial score (nSPS) is 33.7. The van der Waals surface area contributed by atoms with Crippen LogP contribution >= 0.6 is 29.9 Å². The minimum Gasteiger partial charge on any atom is -0.382 e. The highest BCUT2D eigenvalue weighted by Crippen LogP contribution is 2.62. The van der Waals surface area contributed by atoms with Gasteiger partial charge < -0.3 is 19.5 Å². The van der Waals surface area contributed by atoms with Gasteiger partial charge in [-0.3, -0.25) is 9.09 Å². The number of aromatic nitrogens is 4. The molecule has 2 aromatic heterocycles. The van der Waals surface area contributed by atoms with Crippen LogP contribution in [0, 0.1) is 0 Å². The third kappa shape index (κ3) is 3.02. The van der Waals surface area contributed by atoms with Crippen molar-refractivity contribution in [3.8, 4) is 0 Å². The second-order valence-corrected chi connectivity index (χ2v) is 10.6. The Labute approximate surface area is 164 Å². The number of alkyl halides is 2. The molecule has 0 radical (unpaired) electrons. The van der Waals surface area contributed by atoms with Crippen LogP contribution < -0.4 is 5.73 Å². The molecular formula is C13H16Cl2N5O4PS. The first kappa shape index (κ1) is 18.8. The number of rotatable bonds is 3. The monoisotopic (exact) mass is 439 g/mol. The Hall–Kier alpha value is -0.580. The standard InChI is InChI=1S/C13H16Cl2N5O4PS/c1-6(2)23-25(26)21-3-7-9(24-25)13(14,15)12(22-7)20-5-19-8-10(16)17-4-18-11(8)20/h4-7,9,12H,3H2,1-2H3,(H2,16,17,18)/t7-,9-,12-,25-/m1/s1. The Morgan fingerprint density at radius 1 is 1.42 bits per heavy atom. The fraction of sp³-hybridized carbons (Fsp3) is 0.615. The number of nitrogens with two attached hydrogens (primary N) is 1. The van der Waals surface area contributed by atoms with Gasteiger partial charge in [0.2, 0.25) is 0 Å². The highest BCUT2D eigenvalue weighted by molar-refractivity contribution is 8.07. The van der Waals surface area contributed by atoms with Gasteiger partial charge in [-0.05, 0) is 25.7 Å². The first-order valence-electron chi connectivity index (χ1n) is 7.79. The van der Waals surface area contributed by atoms with E-state index in [1.807, 2.05) is 13.8 Å². The number of nitrogen functional groups attached to an aromatic ring is 1. The van der Waals surface area contributed by atoms with E-state index in [9.17, 15) is 0 Å². The number of ether oxygens (including phenoxy) is 1. The molecular weight excluding hydrogens is 424 g/mol. The minimum absolute atomic E-state index is 0.159. The van der Waals surface area contributed by atoms with E-state index in [4.69, 9.17) is 59.1 Å². The van der Waals surface area contributed by atoms with Crippen molar-refractivity contribution >= 4 is 58.7 Å². The van der Waals surface area contributed by atoms with Gasteiger partial charge in [0.1, 0.15) is 24.1 Å². The lowest BCUT2D eigenvalue weighted by molar-refractivity contribution is -0.0632. The summed E-state index contributed by atoms with van der Waals surface area (Å²) in [7, 11) is 0. The number of hydrogen-bond acceptors (Lipinski definition) is 9. The fourth-order valence-corrected chi connectivity index (χ4v) is 6.30. The van der Waals surface area contributed by atoms with Gasteiger partial charge in [-0.1, -0.05) is 23.2 Å². The number of nitrogens with zero attached hydrogens (tertiary/aromatic N) is 4. The van der Waals surface area contributed by atoms with Crippen LogP contribution in [0.1, 0.15) is 20.1 Å². The van der Waals surface area contributed by atoms with Gasteiger partial charge in [-0.25, -0.2) is 15.0 Å². The average molecular weight is 440 g/mol. The van der Waals surface area contributed by atoms with Gasteiger partial charge in [0.25, 0.3) is 0 Å². The Balaban J connectivity index is 1.68. The maximum Gasteiger partial charge on any atom is 0.327 e. The summed E-state index contributed by atoms with van der Waals surface area (Å²) >= 11 is 18.7. The predicted molar refractivity (Wildman–Crippen MR) is 99.4 cm³/mol. The summed E-state index contributed by atoms with van der Waals surface area (Å²) < 4.78 is 23.3. The topological polar surface area (TPSA) is 107 Å². The molecule has 0 unspecified atom stereocenters. The van der Waals surface area contributed by atoms with Crippen molar-refractivity contribution in [2.24, 2.45) is 0 Å². The number of fused-ring (bicyclic) bond motifs is 2. The van der Waals surface area contributed by atoms with Crippen LogP contribution in [-0.4, -0.2) is 48.8 Å². The lowest BCUT2D eigenvalue weighted by atomic mass is 10.2. The predicted octanol–water partition coefficient (Wildman–Crippen LogP) is 2.54. The summed E-state index contributed by atoms with van der Waals surface area (Å²) in [6, 6.07) is 0. The second kappa shape index (κ2) is 6.49. The third-order valence-corrected chi connectivity index (χ3v) is 7.24. The highest BCUT2D eigenvalue weighted by atomic mass is 35.5. The molecule has 4 heterocycles. The van der Waals surface area contributed by atoms with Crippen molar-refractivity contribution in [1.29, 1.82) is 0 Å². The molecule has 13 heteroatoms. The SMILES string of the molecule is CC(C)O[P@]1(=S)OC[C@H]2O[C@@H](n3cnc4c(N)ncnc43)C(Cl)(Cl)[C@@H]2O1. The molecule has 2 aromatic rings. The van der Waals surface area contributed by atoms with Crippen molar-refractivity contribution in [3.05, 3.63) is 12.7 Å². The summed E-state index contributed by atoms with van der Waals surface area (Å²) in [5.74, 6) is 0.249. The lowest BCUT2D eigenvalue weighted by Crippen LogP contribution is -2.42. The minimum atomic E-state index is -2.96. The summed E-state index contributed by atoms with van der Waals surface area (Å²) in [5, 5.41) is 0. The molecule has 0 aliphatic carbocycles. The van der Waals surface area contributed by atoms with Crippen molar-refractivity contribution in [1.82, 2.24) is 19.5 Å². The fourth-order valence-electron chi connectivity index (χ4n) is 2.92. The van der Waals surface area contributed by atoms with Crippen LogP contribution in [0.15, 0.2) is 12.7 Å². The van der Waals surface area contributed by atoms with Gasteiger partial charge in [0.05, 0.1) is 19.0 Å². The number of halogens is 2. The zero-order valence-corrected chi connectivity index (χ0v) is 17.0. The first-order valence-corrected chi connectivity index (χ1v) is 11.1. The molecule has 4 rings (SSSR count). The van der Waals surface area contributed by atoms with E-state index in [1.165, 1.54) is 12.7 Å². The molecule has 2 N–H and O–H groups in total. The lowest BCUT2D eigenvalue weighted by Gasteiger charge is -2.36. The zero-order valence-electron chi connectivity index (χ0n) is 13.8. The van der Waals surface area contributed by atoms with Crippen LogP contribution in [0.4, 0.5) is 5.82 Å². The Morgan fingerprint density at radius 2 is 2.19 bits per heavy atom. The summed E-state index contributed by atoms with van der Waals surface area (Å²) in [6.45, 7) is 0.887. The smallest absolute Gasteiger partial charge is 0.327 e. The summed E-state index contributed by atoms with van der Waals surface area (Å²) in [5.41, 5.74) is 6.71. The van der Waals surface area contributed by atoms with E-state index >= 15 is 0 Å². The molecule has 0 amide bonds. The van der Waals surface area contributed by atoms with Crippen LogP contribution in [-0.2, 0) is 30.1 Å². The second-order valence-electron chi connectivity index (χ2n) is 6.21. The molecule has 0 bridgehead atoms. The van der Waals surface area contributed by atoms with Crippen molar-refractivity contribution in [2.45, 2.75) is 42.7 Å². The summed E-state index contributed by atoms with van der Waals surface area (Å²) in [6.07, 6.45) is 0.595. The van der Waals surface area contributed by atoms with Gasteiger partial charge in [0.15, 0.2) is 22.0 Å². The van der Waals surface area contributed by atoms with Crippen LogP contribution in [0.3, 0.4) is 0 Å². The Bertz CT molecular complexity index is 897. The average Bonchev–Trinajstić information content (AvgIpc) is 3.07. The van der Waals surface area contributed by atoms with Crippen molar-refractivity contribution in [2.75, 3.05) is 12.3 Å². The molecule has 0 saturated carbocycles. The molecule has 2 aliphatic rings. The molecule has 2 fully saturated rings. The van der Waals surface area contributed by atoms with E-state index in [-0.39, 0.29) is 18.5 Å². The zero-order chi connectivity index (χ0) is 18.7. The van der Waals surface area contributed by atoms with E-state index < -0.39 is 29.5 Å². The number of hydrogen-bond donors (Lipinski definition) is 1. The largest absolute Gasteiger partial charge is 0.382 e. The van der Waals surface area contributed by atoms with Gasteiger partial charge >= 0.3 is 6.72 Å². The van der Waals surface area contributed by atoms with Gasteiger partial charge in [-0.15, -0.1) is 0 Å². The molecule has 2 saturated heterocycles. The quantitative estimate of drug-likeness (QED) is 0.569. The Kier molecular flexibility index (Phi) is 4.69. The summed E-state index contributed by atoms with van der Waals surface area (Å²) in [4.78, 5) is 12.3. The van der Waals surface area contributed by atoms with E-state index in [1.54, 1.807) is 4.57 Å². The van der Waals surface area contributed by atoms with Gasteiger partial charge in [-0.2, -0.15) is 0 Å². The highest BCUT2D eigenvalue weighted by Gasteiger charge is 2.61. The molecule has 4 atom stereocenters. The van der Waals surface area contributed by atoms with Crippen LogP contribution in [0.2, 0.25) is 0 Å². The van der Waals surface area contributed by atoms with Crippen molar-refractivity contribution < 1.29 is 18.3 Å². The number of imidazole rings is 1. The van der Waals surface area contributed by atoms with E-state index in [0.717, 1.165) is 0 Å². The van der Waals surface area contributed by atoms with E-state index in [2.05, 4.69) is 15.0 Å².